The molecular formula is C19H13N3O9. The van der Waals surface area contributed by atoms with Crippen LogP contribution in [-0.2, 0) is 14.4 Å². The highest BCUT2D eigenvalue weighted by Gasteiger charge is 2.47. The molecule has 2 aromatic carbocycles. The number of carbonyl (C=O) groups excluding carboxylic acids is 2. The van der Waals surface area contributed by atoms with Gasteiger partial charge in [-0.25, -0.2) is 0 Å². The van der Waals surface area contributed by atoms with Gasteiger partial charge in [-0.2, -0.15) is 0 Å². The lowest BCUT2D eigenvalue weighted by Gasteiger charge is -2.23. The van der Waals surface area contributed by atoms with Gasteiger partial charge < -0.3 is 15.1 Å². The van der Waals surface area contributed by atoms with E-state index in [2.05, 4.69) is 0 Å². The standard InChI is InChI=1S/C19H13N3O9/c23-14(24)9-20-16(11-2-1-3-13(8-11)22(30)31)15(18(26)19(20)27)17(25)10-4-6-12(7-5-10)21(28)29/h1-8,16,25H,9H2,(H,23,24)/b17-15+/t16-/m0/s1. The second-order valence-corrected chi connectivity index (χ2v) is 6.48. The van der Waals surface area contributed by atoms with Gasteiger partial charge in [0.15, 0.2) is 0 Å². The predicted molar refractivity (Wildman–Crippen MR) is 103 cm³/mol. The van der Waals surface area contributed by atoms with E-state index in [4.69, 9.17) is 5.11 Å². The molecule has 31 heavy (non-hydrogen) atoms. The number of likely N-dealkylation sites (tertiary alicyclic amines) is 1. The minimum absolute atomic E-state index is 0.0330. The van der Waals surface area contributed by atoms with Crippen LogP contribution in [0.3, 0.4) is 0 Å². The summed E-state index contributed by atoms with van der Waals surface area (Å²) in [7, 11) is 0. The number of aliphatic hydroxyl groups excluding tert-OH is 1. The smallest absolute Gasteiger partial charge is 0.323 e. The van der Waals surface area contributed by atoms with Crippen molar-refractivity contribution in [1.82, 2.24) is 4.90 Å². The Bertz CT molecular complexity index is 1150. The average Bonchev–Trinajstić information content (AvgIpc) is 2.97. The molecule has 3 rings (SSSR count). The van der Waals surface area contributed by atoms with Crippen LogP contribution in [0.5, 0.6) is 0 Å². The molecule has 0 radical (unpaired) electrons. The molecule has 0 spiro atoms. The van der Waals surface area contributed by atoms with E-state index in [1.54, 1.807) is 0 Å². The van der Waals surface area contributed by atoms with E-state index in [0.29, 0.717) is 4.90 Å². The molecule has 12 heteroatoms. The van der Waals surface area contributed by atoms with Crippen LogP contribution >= 0.6 is 0 Å². The molecule has 1 aliphatic rings. The normalized spacial score (nSPS) is 17.5. The number of benzene rings is 2. The maximum absolute atomic E-state index is 12.6. The second kappa shape index (κ2) is 8.02. The van der Waals surface area contributed by atoms with Crippen molar-refractivity contribution in [2.45, 2.75) is 6.04 Å². The third kappa shape index (κ3) is 3.94. The Balaban J connectivity index is 2.20. The Morgan fingerprint density at radius 1 is 0.968 bits per heavy atom. The monoisotopic (exact) mass is 427 g/mol. The fourth-order valence-corrected chi connectivity index (χ4v) is 3.24. The molecule has 158 valence electrons. The SMILES string of the molecule is O=C(O)CN1C(=O)C(=O)/C(=C(/O)c2ccc([N+](=O)[O-])cc2)[C@@H]1c1cccc([N+](=O)[O-])c1. The third-order valence-electron chi connectivity index (χ3n) is 4.59. The molecular weight excluding hydrogens is 414 g/mol. The van der Waals surface area contributed by atoms with Gasteiger partial charge in [0.1, 0.15) is 12.3 Å². The summed E-state index contributed by atoms with van der Waals surface area (Å²) in [6.07, 6.45) is 0. The molecule has 0 aromatic heterocycles. The van der Waals surface area contributed by atoms with Gasteiger partial charge >= 0.3 is 5.97 Å². The number of aliphatic carboxylic acids is 1. The lowest BCUT2D eigenvalue weighted by atomic mass is 9.95. The third-order valence-corrected chi connectivity index (χ3v) is 4.59. The fraction of sp³-hybridized carbons (Fsp3) is 0.105. The van der Waals surface area contributed by atoms with Crippen molar-refractivity contribution in [3.63, 3.8) is 0 Å². The first-order chi connectivity index (χ1) is 14.6. The highest BCUT2D eigenvalue weighted by atomic mass is 16.6. The summed E-state index contributed by atoms with van der Waals surface area (Å²) < 4.78 is 0. The maximum Gasteiger partial charge on any atom is 0.323 e. The molecule has 2 N–H and O–H groups in total. The Kier molecular flexibility index (Phi) is 5.46. The number of carbonyl (C=O) groups is 3. The van der Waals surface area contributed by atoms with Crippen molar-refractivity contribution in [2.24, 2.45) is 0 Å². The van der Waals surface area contributed by atoms with Crippen LogP contribution in [0.1, 0.15) is 17.2 Å². The van der Waals surface area contributed by atoms with Crippen LogP contribution in [0.15, 0.2) is 54.1 Å². The summed E-state index contributed by atoms with van der Waals surface area (Å²) in [6.45, 7) is -0.894. The molecule has 0 unspecified atom stereocenters. The zero-order valence-electron chi connectivity index (χ0n) is 15.5. The van der Waals surface area contributed by atoms with Gasteiger partial charge in [-0.15, -0.1) is 0 Å². The summed E-state index contributed by atoms with van der Waals surface area (Å²) in [5.74, 6) is -4.53. The summed E-state index contributed by atoms with van der Waals surface area (Å²) >= 11 is 0. The number of Topliss-reactive ketones (excluding diaryl/α,β-unsaturated/α-hetero) is 1. The van der Waals surface area contributed by atoms with E-state index in [0.717, 1.165) is 30.3 Å². The number of ketones is 1. The zero-order chi connectivity index (χ0) is 22.9. The van der Waals surface area contributed by atoms with Crippen molar-refractivity contribution < 1.29 is 34.4 Å². The zero-order valence-corrected chi connectivity index (χ0v) is 15.5. The van der Waals surface area contributed by atoms with Crippen molar-refractivity contribution in [1.29, 1.82) is 0 Å². The largest absolute Gasteiger partial charge is 0.507 e. The number of non-ortho nitro benzene ring substituents is 2. The van der Waals surface area contributed by atoms with Crippen LogP contribution in [-0.4, -0.2) is 49.2 Å². The van der Waals surface area contributed by atoms with Crippen LogP contribution < -0.4 is 0 Å². The molecule has 0 saturated carbocycles. The highest BCUT2D eigenvalue weighted by Crippen LogP contribution is 2.40. The number of hydrogen-bond acceptors (Lipinski definition) is 8. The van der Waals surface area contributed by atoms with Gasteiger partial charge in [-0.3, -0.25) is 34.6 Å². The lowest BCUT2D eigenvalue weighted by Crippen LogP contribution is -2.34. The molecule has 1 amide bonds. The number of aliphatic hydroxyl groups is 1. The number of carboxylic acids is 1. The molecule has 0 aliphatic carbocycles. The van der Waals surface area contributed by atoms with Crippen LogP contribution in [0.4, 0.5) is 11.4 Å². The van der Waals surface area contributed by atoms with Crippen molar-refractivity contribution in [3.8, 4) is 0 Å². The highest BCUT2D eigenvalue weighted by molar-refractivity contribution is 6.46. The molecule has 1 heterocycles. The molecule has 1 aliphatic heterocycles. The Morgan fingerprint density at radius 3 is 2.13 bits per heavy atom. The first-order valence-corrected chi connectivity index (χ1v) is 8.61. The average molecular weight is 427 g/mol. The van der Waals surface area contributed by atoms with Gasteiger partial charge in [0, 0.05) is 29.8 Å². The molecule has 1 fully saturated rings. The van der Waals surface area contributed by atoms with Gasteiger partial charge in [0.25, 0.3) is 23.1 Å². The van der Waals surface area contributed by atoms with Crippen molar-refractivity contribution in [3.05, 3.63) is 85.5 Å². The number of rotatable bonds is 6. The molecule has 1 saturated heterocycles. The van der Waals surface area contributed by atoms with Gasteiger partial charge in [0.05, 0.1) is 21.5 Å². The Hall–Kier alpha value is -4.61. The number of carboxylic acid groups (broad SMARTS) is 1. The number of hydrogen-bond donors (Lipinski definition) is 2. The first kappa shape index (κ1) is 21.1. The fourth-order valence-electron chi connectivity index (χ4n) is 3.24. The van der Waals surface area contributed by atoms with Crippen LogP contribution in [0.2, 0.25) is 0 Å². The quantitative estimate of drug-likeness (QED) is 0.229. The van der Waals surface area contributed by atoms with E-state index >= 15 is 0 Å². The molecule has 0 bridgehead atoms. The van der Waals surface area contributed by atoms with Gasteiger partial charge in [-0.05, 0) is 17.7 Å². The van der Waals surface area contributed by atoms with Crippen molar-refractivity contribution >= 4 is 34.8 Å². The van der Waals surface area contributed by atoms with Crippen LogP contribution in [0, 0.1) is 20.2 Å². The molecule has 1 atom stereocenters. The minimum atomic E-state index is -1.44. The maximum atomic E-state index is 12.6. The first-order valence-electron chi connectivity index (χ1n) is 8.61. The van der Waals surface area contributed by atoms with Crippen molar-refractivity contribution in [2.75, 3.05) is 6.54 Å². The summed E-state index contributed by atoms with van der Waals surface area (Å²) in [5.41, 5.74) is -1.13. The van der Waals surface area contributed by atoms with E-state index in [1.165, 1.54) is 18.2 Å². The topological polar surface area (TPSA) is 181 Å². The number of nitrogens with zero attached hydrogens (tertiary/aromatic N) is 3. The number of amides is 1. The van der Waals surface area contributed by atoms with E-state index in [-0.39, 0.29) is 22.5 Å². The van der Waals surface area contributed by atoms with Gasteiger partial charge in [0.2, 0.25) is 0 Å². The molecule has 12 nitrogen and oxygen atoms in total. The summed E-state index contributed by atoms with van der Waals surface area (Å²) in [4.78, 5) is 57.6. The van der Waals surface area contributed by atoms with E-state index in [9.17, 15) is 39.7 Å². The minimum Gasteiger partial charge on any atom is -0.507 e. The van der Waals surface area contributed by atoms with E-state index < -0.39 is 51.4 Å². The number of nitro benzene ring substituents is 2. The Morgan fingerprint density at radius 2 is 1.58 bits per heavy atom. The van der Waals surface area contributed by atoms with Gasteiger partial charge in [-0.1, -0.05) is 12.1 Å². The van der Waals surface area contributed by atoms with E-state index in [1.807, 2.05) is 0 Å². The van der Waals surface area contributed by atoms with Crippen LogP contribution in [0.25, 0.3) is 5.76 Å². The summed E-state index contributed by atoms with van der Waals surface area (Å²) in [5, 5.41) is 41.8. The molecule has 2 aromatic rings. The summed E-state index contributed by atoms with van der Waals surface area (Å²) in [6, 6.07) is 7.92. The lowest BCUT2D eigenvalue weighted by molar-refractivity contribution is -0.385. The number of nitro groups is 2. The second-order valence-electron chi connectivity index (χ2n) is 6.48. The predicted octanol–water partition coefficient (Wildman–Crippen LogP) is 2.01. The Labute approximate surface area is 172 Å².